The number of halogens is 1. The second-order valence-corrected chi connectivity index (χ2v) is 7.28. The zero-order valence-corrected chi connectivity index (χ0v) is 16.2. The molecule has 0 fully saturated rings. The summed E-state index contributed by atoms with van der Waals surface area (Å²) >= 11 is 3.53. The van der Waals surface area contributed by atoms with Crippen LogP contribution < -0.4 is 11.1 Å². The number of amides is 1. The first kappa shape index (κ1) is 17.7. The fraction of sp³-hybridized carbons (Fsp3) is 0.143. The maximum Gasteiger partial charge on any atom is 0.252 e. The Hall–Kier alpha value is -2.70. The van der Waals surface area contributed by atoms with Crippen molar-refractivity contribution in [3.63, 3.8) is 0 Å². The fourth-order valence-corrected chi connectivity index (χ4v) is 3.57. The van der Waals surface area contributed by atoms with Crippen LogP contribution in [0.1, 0.15) is 16.8 Å². The summed E-state index contributed by atoms with van der Waals surface area (Å²) in [7, 11) is 0. The number of para-hydroxylation sites is 1. The van der Waals surface area contributed by atoms with Crippen molar-refractivity contribution in [1.29, 1.82) is 0 Å². The van der Waals surface area contributed by atoms with Crippen LogP contribution in [0.2, 0.25) is 0 Å². The van der Waals surface area contributed by atoms with Gasteiger partial charge < -0.3 is 16.0 Å². The minimum atomic E-state index is -0.107. The van der Waals surface area contributed by atoms with Gasteiger partial charge in [-0.2, -0.15) is 0 Å². The second-order valence-electron chi connectivity index (χ2n) is 6.36. The number of aromatic amines is 1. The van der Waals surface area contributed by atoms with Crippen LogP contribution >= 0.6 is 15.9 Å². The Morgan fingerprint density at radius 1 is 1.15 bits per heavy atom. The number of carbonyl (C=O) groups is 1. The molecule has 0 unspecified atom stereocenters. The van der Waals surface area contributed by atoms with E-state index in [1.807, 2.05) is 48.7 Å². The molecule has 0 bridgehead atoms. The maximum atomic E-state index is 12.8. The van der Waals surface area contributed by atoms with Gasteiger partial charge in [0, 0.05) is 39.1 Å². The van der Waals surface area contributed by atoms with Gasteiger partial charge in [-0.25, -0.2) is 4.98 Å². The third-order valence-electron chi connectivity index (χ3n) is 4.55. The zero-order valence-electron chi connectivity index (χ0n) is 14.6. The fourth-order valence-electron chi connectivity index (χ4n) is 3.21. The largest absolute Gasteiger partial charge is 0.360 e. The number of H-pyrrole nitrogens is 1. The average Bonchev–Trinajstić information content (AvgIpc) is 3.10. The van der Waals surface area contributed by atoms with E-state index < -0.39 is 0 Å². The molecule has 2 heterocycles. The molecule has 0 saturated heterocycles. The summed E-state index contributed by atoms with van der Waals surface area (Å²) in [4.78, 5) is 20.9. The Balaban J connectivity index is 1.86. The third-order valence-corrected chi connectivity index (χ3v) is 5.04. The molecule has 1 amide bonds. The van der Waals surface area contributed by atoms with Gasteiger partial charge in [-0.1, -0.05) is 34.1 Å². The van der Waals surface area contributed by atoms with Crippen LogP contribution in [0.25, 0.3) is 33.1 Å². The molecule has 0 radical (unpaired) electrons. The van der Waals surface area contributed by atoms with Crippen molar-refractivity contribution in [2.45, 2.75) is 6.42 Å². The van der Waals surface area contributed by atoms with Gasteiger partial charge in [0.2, 0.25) is 0 Å². The van der Waals surface area contributed by atoms with E-state index in [1.165, 1.54) is 0 Å². The van der Waals surface area contributed by atoms with Crippen LogP contribution in [-0.2, 0) is 0 Å². The molecule has 2 aromatic heterocycles. The molecule has 27 heavy (non-hydrogen) atoms. The van der Waals surface area contributed by atoms with Gasteiger partial charge in [-0.3, -0.25) is 4.79 Å². The quantitative estimate of drug-likeness (QED) is 0.420. The number of hydrogen-bond donors (Lipinski definition) is 3. The van der Waals surface area contributed by atoms with E-state index in [-0.39, 0.29) is 5.91 Å². The molecule has 0 aliphatic rings. The van der Waals surface area contributed by atoms with E-state index in [4.69, 9.17) is 10.7 Å². The molecule has 4 aromatic rings. The zero-order chi connectivity index (χ0) is 18.8. The number of rotatable bonds is 5. The normalized spacial score (nSPS) is 11.2. The first-order valence-electron chi connectivity index (χ1n) is 8.82. The van der Waals surface area contributed by atoms with Gasteiger partial charge in [-0.15, -0.1) is 0 Å². The summed E-state index contributed by atoms with van der Waals surface area (Å²) in [5, 5.41) is 4.85. The molecule has 0 atom stereocenters. The van der Waals surface area contributed by atoms with Crippen LogP contribution in [0.4, 0.5) is 0 Å². The van der Waals surface area contributed by atoms with Gasteiger partial charge in [-0.05, 0) is 43.3 Å². The predicted octanol–water partition coefficient (Wildman–Crippen LogP) is 4.22. The highest BCUT2D eigenvalue weighted by molar-refractivity contribution is 9.10. The van der Waals surface area contributed by atoms with Crippen LogP contribution in [0.3, 0.4) is 0 Å². The molecule has 5 nitrogen and oxygen atoms in total. The number of nitrogens with one attached hydrogen (secondary N) is 2. The number of hydrogen-bond acceptors (Lipinski definition) is 3. The Kier molecular flexibility index (Phi) is 4.92. The van der Waals surface area contributed by atoms with Crippen LogP contribution in [-0.4, -0.2) is 29.0 Å². The lowest BCUT2D eigenvalue weighted by Gasteiger charge is -2.10. The molecule has 0 saturated carbocycles. The highest BCUT2D eigenvalue weighted by Crippen LogP contribution is 2.32. The molecule has 6 heteroatoms. The summed E-state index contributed by atoms with van der Waals surface area (Å²) in [5.74, 6) is -0.107. The van der Waals surface area contributed by atoms with E-state index in [1.54, 1.807) is 0 Å². The molecular formula is C21H19BrN4O. The molecular weight excluding hydrogens is 404 g/mol. The van der Waals surface area contributed by atoms with Gasteiger partial charge in [0.05, 0.1) is 16.8 Å². The lowest BCUT2D eigenvalue weighted by atomic mass is 10.0. The third kappa shape index (κ3) is 3.46. The molecule has 0 aliphatic carbocycles. The monoisotopic (exact) mass is 422 g/mol. The number of carbonyl (C=O) groups excluding carboxylic acids is 1. The van der Waals surface area contributed by atoms with Crippen molar-refractivity contribution < 1.29 is 4.79 Å². The van der Waals surface area contributed by atoms with Crippen LogP contribution in [0.15, 0.2) is 59.2 Å². The highest BCUT2D eigenvalue weighted by Gasteiger charge is 2.15. The number of nitrogens with zero attached hydrogens (tertiary/aromatic N) is 1. The highest BCUT2D eigenvalue weighted by atomic mass is 79.9. The van der Waals surface area contributed by atoms with Crippen molar-refractivity contribution in [1.82, 2.24) is 15.3 Å². The van der Waals surface area contributed by atoms with E-state index >= 15 is 0 Å². The Morgan fingerprint density at radius 2 is 2.00 bits per heavy atom. The van der Waals surface area contributed by atoms with Crippen LogP contribution in [0, 0.1) is 0 Å². The van der Waals surface area contributed by atoms with Gasteiger partial charge >= 0.3 is 0 Å². The van der Waals surface area contributed by atoms with Crippen molar-refractivity contribution >= 4 is 43.6 Å². The van der Waals surface area contributed by atoms with E-state index in [9.17, 15) is 4.79 Å². The Morgan fingerprint density at radius 3 is 2.85 bits per heavy atom. The number of fused-ring (bicyclic) bond motifs is 2. The number of aromatic nitrogens is 2. The lowest BCUT2D eigenvalue weighted by molar-refractivity contribution is 0.0955. The van der Waals surface area contributed by atoms with E-state index in [0.29, 0.717) is 18.7 Å². The summed E-state index contributed by atoms with van der Waals surface area (Å²) < 4.78 is 0.997. The molecule has 0 spiro atoms. The minimum Gasteiger partial charge on any atom is -0.360 e. The Bertz CT molecular complexity index is 1140. The first-order chi connectivity index (χ1) is 13.2. The lowest BCUT2D eigenvalue weighted by Crippen LogP contribution is -2.26. The van der Waals surface area contributed by atoms with Gasteiger partial charge in [0.1, 0.15) is 0 Å². The molecule has 136 valence electrons. The van der Waals surface area contributed by atoms with E-state index in [2.05, 4.69) is 32.3 Å². The van der Waals surface area contributed by atoms with Gasteiger partial charge in [0.25, 0.3) is 5.91 Å². The van der Waals surface area contributed by atoms with E-state index in [0.717, 1.165) is 44.0 Å². The van der Waals surface area contributed by atoms with Crippen molar-refractivity contribution in [3.05, 3.63) is 64.8 Å². The summed E-state index contributed by atoms with van der Waals surface area (Å²) in [6, 6.07) is 15.6. The SMILES string of the molecule is NCCCNC(=O)c1cc(-c2c[nH]c3ccc(Br)cc23)nc2ccccc12. The maximum absolute atomic E-state index is 12.8. The molecule has 2 aromatic carbocycles. The molecule has 0 aliphatic heterocycles. The summed E-state index contributed by atoms with van der Waals surface area (Å²) in [6.45, 7) is 1.11. The standard InChI is InChI=1S/C21H19BrN4O/c22-13-6-7-18-15(10-13)17(12-25-18)20-11-16(21(27)24-9-3-8-23)14-4-1-2-5-19(14)26-20/h1-2,4-7,10-12,25H,3,8-9,23H2,(H,24,27). The van der Waals surface area contributed by atoms with Crippen molar-refractivity contribution in [2.75, 3.05) is 13.1 Å². The Labute approximate surface area is 165 Å². The first-order valence-corrected chi connectivity index (χ1v) is 9.62. The predicted molar refractivity (Wildman–Crippen MR) is 113 cm³/mol. The minimum absolute atomic E-state index is 0.107. The van der Waals surface area contributed by atoms with Crippen molar-refractivity contribution in [3.8, 4) is 11.3 Å². The number of pyridine rings is 1. The van der Waals surface area contributed by atoms with Crippen molar-refractivity contribution in [2.24, 2.45) is 5.73 Å². The molecule has 4 rings (SSSR count). The molecule has 4 N–H and O–H groups in total. The summed E-state index contributed by atoms with van der Waals surface area (Å²) in [6.07, 6.45) is 2.68. The number of nitrogens with two attached hydrogens (primary N) is 1. The average molecular weight is 423 g/mol. The second kappa shape index (κ2) is 7.50. The smallest absolute Gasteiger partial charge is 0.252 e. The van der Waals surface area contributed by atoms with Crippen LogP contribution in [0.5, 0.6) is 0 Å². The van der Waals surface area contributed by atoms with Gasteiger partial charge in [0.15, 0.2) is 0 Å². The number of benzene rings is 2. The summed E-state index contributed by atoms with van der Waals surface area (Å²) in [5.41, 5.74) is 9.70. The topological polar surface area (TPSA) is 83.8 Å².